The summed E-state index contributed by atoms with van der Waals surface area (Å²) in [7, 11) is 0. The van der Waals surface area contributed by atoms with E-state index < -0.39 is 5.91 Å². The smallest absolute Gasteiger partial charge is 0.280 e. The van der Waals surface area contributed by atoms with Gasteiger partial charge in [-0.2, -0.15) is 0 Å². The predicted octanol–water partition coefficient (Wildman–Crippen LogP) is -0.437. The van der Waals surface area contributed by atoms with E-state index in [9.17, 15) is 4.79 Å². The number of nitrogen functional groups attached to an aromatic ring is 2. The molecule has 1 heterocycles. The first-order chi connectivity index (χ1) is 12.3. The quantitative estimate of drug-likeness (QED) is 0.186. The minimum Gasteiger partial charge on any atom is -0.382 e. The Morgan fingerprint density at radius 1 is 0.923 bits per heavy atom. The zero-order chi connectivity index (χ0) is 19.5. The number of unbranched alkanes of at least 4 members (excludes halogenated alkanes) is 4. The van der Waals surface area contributed by atoms with Crippen molar-refractivity contribution in [3.8, 4) is 0 Å². The lowest BCUT2D eigenvalue weighted by Crippen LogP contribution is -2.38. The maximum absolute atomic E-state index is 12.0. The van der Waals surface area contributed by atoms with Crippen LogP contribution in [-0.2, 0) is 0 Å². The Morgan fingerprint density at radius 3 is 2.12 bits per heavy atom. The second-order valence-corrected chi connectivity index (χ2v) is 5.79. The number of nitrogens with two attached hydrogens (primary N) is 5. The van der Waals surface area contributed by atoms with Crippen LogP contribution in [0.2, 0.25) is 5.15 Å². The van der Waals surface area contributed by atoms with Gasteiger partial charge in [0.05, 0.1) is 0 Å². The van der Waals surface area contributed by atoms with E-state index >= 15 is 0 Å². The molecule has 0 atom stereocenters. The molecule has 26 heavy (non-hydrogen) atoms. The molecule has 0 fully saturated rings. The molecule has 11 nitrogen and oxygen atoms in total. The SMILES string of the molecule is NC(N)=NCCCCCCCN=C(N)NC(=O)c1nc(Cl)c(N)nc1N. The van der Waals surface area contributed by atoms with Gasteiger partial charge in [0.15, 0.2) is 34.4 Å². The maximum atomic E-state index is 12.0. The van der Waals surface area contributed by atoms with Crippen molar-refractivity contribution in [1.29, 1.82) is 0 Å². The van der Waals surface area contributed by atoms with Gasteiger partial charge in [-0.1, -0.05) is 30.9 Å². The van der Waals surface area contributed by atoms with Crippen LogP contribution < -0.4 is 34.0 Å². The van der Waals surface area contributed by atoms with E-state index in [2.05, 4.69) is 25.3 Å². The van der Waals surface area contributed by atoms with E-state index in [4.69, 9.17) is 40.3 Å². The molecule has 144 valence electrons. The molecule has 0 unspecified atom stereocenters. The van der Waals surface area contributed by atoms with Gasteiger partial charge in [0.25, 0.3) is 5.91 Å². The van der Waals surface area contributed by atoms with Crippen molar-refractivity contribution < 1.29 is 4.79 Å². The number of halogens is 1. The van der Waals surface area contributed by atoms with Crippen molar-refractivity contribution in [2.45, 2.75) is 32.1 Å². The lowest BCUT2D eigenvalue weighted by atomic mass is 10.1. The fourth-order valence-corrected chi connectivity index (χ4v) is 2.11. The van der Waals surface area contributed by atoms with E-state index in [1.165, 1.54) is 0 Å². The molecule has 0 radical (unpaired) electrons. The number of hydrogen-bond donors (Lipinski definition) is 6. The maximum Gasteiger partial charge on any atom is 0.280 e. The van der Waals surface area contributed by atoms with Crippen LogP contribution in [0.4, 0.5) is 11.6 Å². The standard InChI is InChI=1S/C14H25ClN10O/c15-9-11(17)24-10(16)8(23-9)12(26)25-14(20)22-7-5-3-1-2-4-6-21-13(18)19/h1-7H2,(H4,16,17,24)(H4,18,19,21)(H3,20,22,25,26). The van der Waals surface area contributed by atoms with Crippen LogP contribution in [0.25, 0.3) is 0 Å². The number of guanidine groups is 2. The van der Waals surface area contributed by atoms with Crippen LogP contribution in [0.15, 0.2) is 9.98 Å². The molecule has 0 saturated carbocycles. The van der Waals surface area contributed by atoms with E-state index in [1.54, 1.807) is 0 Å². The average molecular weight is 385 g/mol. The number of anilines is 2. The Labute approximate surface area is 156 Å². The van der Waals surface area contributed by atoms with Crippen molar-refractivity contribution >= 4 is 41.1 Å². The molecule has 0 aromatic carbocycles. The Kier molecular flexibility index (Phi) is 8.92. The molecule has 1 aromatic heterocycles. The molecule has 0 saturated heterocycles. The number of hydrogen-bond acceptors (Lipinski definition) is 7. The van der Waals surface area contributed by atoms with Crippen LogP contribution in [0, 0.1) is 0 Å². The second kappa shape index (κ2) is 10.9. The van der Waals surface area contributed by atoms with Crippen molar-refractivity contribution in [3.63, 3.8) is 0 Å². The third kappa shape index (κ3) is 7.83. The second-order valence-electron chi connectivity index (χ2n) is 5.43. The first kappa shape index (κ1) is 21.2. The highest BCUT2D eigenvalue weighted by Crippen LogP contribution is 2.17. The number of rotatable bonds is 9. The van der Waals surface area contributed by atoms with Gasteiger partial charge in [-0.3, -0.25) is 20.1 Å². The summed E-state index contributed by atoms with van der Waals surface area (Å²) in [5.41, 5.74) is 27.0. The fraction of sp³-hybridized carbons (Fsp3) is 0.500. The first-order valence-corrected chi connectivity index (χ1v) is 8.44. The molecular weight excluding hydrogens is 360 g/mol. The number of aliphatic imine (C=N–C) groups is 2. The Hall–Kier alpha value is -2.82. The van der Waals surface area contributed by atoms with Gasteiger partial charge in [-0.05, 0) is 12.8 Å². The molecule has 0 aliphatic carbocycles. The summed E-state index contributed by atoms with van der Waals surface area (Å²) in [6.45, 7) is 1.13. The minimum atomic E-state index is -0.655. The monoisotopic (exact) mass is 384 g/mol. The molecule has 0 spiro atoms. The fourth-order valence-electron chi connectivity index (χ4n) is 1.99. The van der Waals surface area contributed by atoms with Gasteiger partial charge in [0.1, 0.15) is 0 Å². The van der Waals surface area contributed by atoms with Gasteiger partial charge in [-0.15, -0.1) is 0 Å². The molecule has 0 aliphatic rings. The summed E-state index contributed by atoms with van der Waals surface area (Å²) >= 11 is 5.73. The highest BCUT2D eigenvalue weighted by atomic mass is 35.5. The number of carbonyl (C=O) groups is 1. The van der Waals surface area contributed by atoms with Crippen molar-refractivity contribution in [2.24, 2.45) is 27.2 Å². The largest absolute Gasteiger partial charge is 0.382 e. The first-order valence-electron chi connectivity index (χ1n) is 8.06. The third-order valence-corrected chi connectivity index (χ3v) is 3.53. The number of amides is 1. The van der Waals surface area contributed by atoms with E-state index in [1.807, 2.05) is 0 Å². The van der Waals surface area contributed by atoms with Crippen molar-refractivity contribution in [1.82, 2.24) is 15.3 Å². The lowest BCUT2D eigenvalue weighted by molar-refractivity contribution is 0.0972. The van der Waals surface area contributed by atoms with Crippen molar-refractivity contribution in [3.05, 3.63) is 10.8 Å². The van der Waals surface area contributed by atoms with Gasteiger partial charge < -0.3 is 28.7 Å². The van der Waals surface area contributed by atoms with Gasteiger partial charge in [-0.25, -0.2) is 9.97 Å². The zero-order valence-electron chi connectivity index (χ0n) is 14.4. The predicted molar refractivity (Wildman–Crippen MR) is 104 cm³/mol. The topological polar surface area (TPSA) is 210 Å². The summed E-state index contributed by atoms with van der Waals surface area (Å²) in [5, 5.41) is 2.27. The van der Waals surface area contributed by atoms with Crippen LogP contribution in [0.5, 0.6) is 0 Å². The third-order valence-electron chi connectivity index (χ3n) is 3.25. The van der Waals surface area contributed by atoms with Gasteiger partial charge in [0.2, 0.25) is 0 Å². The molecule has 1 rings (SSSR count). The molecule has 0 aliphatic heterocycles. The summed E-state index contributed by atoms with van der Waals surface area (Å²) in [4.78, 5) is 27.5. The zero-order valence-corrected chi connectivity index (χ0v) is 15.2. The normalized spacial score (nSPS) is 11.2. The molecule has 1 amide bonds. The Bertz CT molecular complexity index is 672. The van der Waals surface area contributed by atoms with Gasteiger partial charge in [0, 0.05) is 13.1 Å². The Morgan fingerprint density at radius 2 is 1.50 bits per heavy atom. The Balaban J connectivity index is 2.30. The summed E-state index contributed by atoms with van der Waals surface area (Å²) in [6.07, 6.45) is 4.83. The van der Waals surface area contributed by atoms with Crippen molar-refractivity contribution in [2.75, 3.05) is 24.6 Å². The van der Waals surface area contributed by atoms with Gasteiger partial charge >= 0.3 is 0 Å². The van der Waals surface area contributed by atoms with E-state index in [0.717, 1.165) is 32.1 Å². The van der Waals surface area contributed by atoms with Crippen LogP contribution in [0.1, 0.15) is 42.6 Å². The summed E-state index contributed by atoms with van der Waals surface area (Å²) in [6, 6.07) is 0. The number of aromatic nitrogens is 2. The molecule has 12 heteroatoms. The van der Waals surface area contributed by atoms with Crippen LogP contribution in [-0.4, -0.2) is 40.9 Å². The number of carbonyl (C=O) groups excluding carboxylic acids is 1. The van der Waals surface area contributed by atoms with E-state index in [-0.39, 0.29) is 34.4 Å². The highest BCUT2D eigenvalue weighted by Gasteiger charge is 2.16. The molecule has 0 bridgehead atoms. The highest BCUT2D eigenvalue weighted by molar-refractivity contribution is 6.31. The van der Waals surface area contributed by atoms with Crippen LogP contribution in [0.3, 0.4) is 0 Å². The molecular formula is C14H25ClN10O. The minimum absolute atomic E-state index is 0.0306. The molecule has 1 aromatic rings. The summed E-state index contributed by atoms with van der Waals surface area (Å²) in [5.74, 6) is -0.765. The lowest BCUT2D eigenvalue weighted by Gasteiger charge is -2.07. The molecule has 11 N–H and O–H groups in total. The number of nitrogens with one attached hydrogen (secondary N) is 1. The van der Waals surface area contributed by atoms with E-state index in [0.29, 0.717) is 13.1 Å². The average Bonchev–Trinajstić information content (AvgIpc) is 2.56. The number of nitrogens with zero attached hydrogens (tertiary/aromatic N) is 4. The summed E-state index contributed by atoms with van der Waals surface area (Å²) < 4.78 is 0. The van der Waals surface area contributed by atoms with Crippen LogP contribution >= 0.6 is 11.6 Å².